The van der Waals surface area contributed by atoms with Crippen LogP contribution in [-0.4, -0.2) is 36.6 Å². The van der Waals surface area contributed by atoms with Gasteiger partial charge in [-0.3, -0.25) is 4.90 Å². The number of hydrogen-bond acceptors (Lipinski definition) is 2. The SMILES string of the molecule is CCCCN(CC1CCCN1)C1CC(C)CC(C)C1. The van der Waals surface area contributed by atoms with Crippen molar-refractivity contribution in [3.8, 4) is 0 Å². The largest absolute Gasteiger partial charge is 0.313 e. The Balaban J connectivity index is 1.90. The average Bonchev–Trinajstić information content (AvgIpc) is 2.86. The summed E-state index contributed by atoms with van der Waals surface area (Å²) >= 11 is 0. The molecule has 2 heteroatoms. The zero-order valence-electron chi connectivity index (χ0n) is 13.3. The van der Waals surface area contributed by atoms with Crippen molar-refractivity contribution in [2.24, 2.45) is 11.8 Å². The standard InChI is InChI=1S/C17H34N2/c1-4-5-9-19(13-16-7-6-8-18-16)17-11-14(2)10-15(3)12-17/h14-18H,4-13H2,1-3H3. The van der Waals surface area contributed by atoms with Crippen molar-refractivity contribution in [2.45, 2.75) is 77.8 Å². The monoisotopic (exact) mass is 266 g/mol. The van der Waals surface area contributed by atoms with E-state index in [4.69, 9.17) is 0 Å². The van der Waals surface area contributed by atoms with Crippen LogP contribution in [0.25, 0.3) is 0 Å². The molecule has 0 bridgehead atoms. The van der Waals surface area contributed by atoms with E-state index in [0.29, 0.717) is 0 Å². The van der Waals surface area contributed by atoms with Gasteiger partial charge in [-0.2, -0.15) is 0 Å². The molecule has 3 atom stereocenters. The van der Waals surface area contributed by atoms with E-state index >= 15 is 0 Å². The highest BCUT2D eigenvalue weighted by atomic mass is 15.2. The molecule has 1 heterocycles. The Morgan fingerprint density at radius 3 is 2.42 bits per heavy atom. The Hall–Kier alpha value is -0.0800. The third-order valence-corrected chi connectivity index (χ3v) is 5.09. The molecule has 0 radical (unpaired) electrons. The van der Waals surface area contributed by atoms with Crippen molar-refractivity contribution in [1.29, 1.82) is 0 Å². The van der Waals surface area contributed by atoms with Crippen LogP contribution in [0.15, 0.2) is 0 Å². The normalized spacial score (nSPS) is 36.0. The second-order valence-corrected chi connectivity index (χ2v) is 7.21. The van der Waals surface area contributed by atoms with Crippen molar-refractivity contribution in [2.75, 3.05) is 19.6 Å². The van der Waals surface area contributed by atoms with E-state index in [1.165, 1.54) is 64.6 Å². The predicted molar refractivity (Wildman–Crippen MR) is 83.5 cm³/mol. The van der Waals surface area contributed by atoms with Crippen LogP contribution in [0.1, 0.15) is 65.7 Å². The molecule has 0 aromatic heterocycles. The van der Waals surface area contributed by atoms with Gasteiger partial charge in [-0.25, -0.2) is 0 Å². The van der Waals surface area contributed by atoms with Crippen molar-refractivity contribution in [3.63, 3.8) is 0 Å². The molecule has 2 nitrogen and oxygen atoms in total. The minimum atomic E-state index is 0.768. The van der Waals surface area contributed by atoms with Gasteiger partial charge in [0.15, 0.2) is 0 Å². The zero-order valence-corrected chi connectivity index (χ0v) is 13.3. The van der Waals surface area contributed by atoms with Gasteiger partial charge in [0.2, 0.25) is 0 Å². The molecule has 19 heavy (non-hydrogen) atoms. The number of rotatable bonds is 6. The van der Waals surface area contributed by atoms with Gasteiger partial charge < -0.3 is 5.32 Å². The molecule has 1 aliphatic heterocycles. The zero-order chi connectivity index (χ0) is 13.7. The van der Waals surface area contributed by atoms with E-state index in [0.717, 1.165) is 23.9 Å². The van der Waals surface area contributed by atoms with Gasteiger partial charge in [-0.15, -0.1) is 0 Å². The fourth-order valence-electron chi connectivity index (χ4n) is 4.18. The first kappa shape index (κ1) is 15.3. The Labute approximate surface area is 120 Å². The molecular weight excluding hydrogens is 232 g/mol. The molecule has 1 N–H and O–H groups in total. The summed E-state index contributed by atoms with van der Waals surface area (Å²) in [4.78, 5) is 2.83. The fraction of sp³-hybridized carbons (Fsp3) is 1.00. The van der Waals surface area contributed by atoms with E-state index in [1.807, 2.05) is 0 Å². The maximum absolute atomic E-state index is 3.68. The fourth-order valence-corrected chi connectivity index (χ4v) is 4.18. The van der Waals surface area contributed by atoms with Crippen LogP contribution >= 0.6 is 0 Å². The van der Waals surface area contributed by atoms with Crippen LogP contribution in [0, 0.1) is 11.8 Å². The molecule has 1 aliphatic carbocycles. The number of unbranched alkanes of at least 4 members (excludes halogenated alkanes) is 1. The molecule has 2 aliphatic rings. The van der Waals surface area contributed by atoms with Crippen LogP contribution in [0.2, 0.25) is 0 Å². The summed E-state index contributed by atoms with van der Waals surface area (Å²) in [5.74, 6) is 1.85. The van der Waals surface area contributed by atoms with E-state index < -0.39 is 0 Å². The summed E-state index contributed by atoms with van der Waals surface area (Å²) in [6, 6.07) is 1.62. The molecular formula is C17H34N2. The smallest absolute Gasteiger partial charge is 0.0195 e. The van der Waals surface area contributed by atoms with Crippen molar-refractivity contribution in [1.82, 2.24) is 10.2 Å². The minimum absolute atomic E-state index is 0.768. The van der Waals surface area contributed by atoms with Crippen LogP contribution in [0.4, 0.5) is 0 Å². The van der Waals surface area contributed by atoms with Crippen molar-refractivity contribution < 1.29 is 0 Å². The molecule has 0 amide bonds. The van der Waals surface area contributed by atoms with Gasteiger partial charge >= 0.3 is 0 Å². The number of hydrogen-bond donors (Lipinski definition) is 1. The van der Waals surface area contributed by atoms with Gasteiger partial charge in [0.1, 0.15) is 0 Å². The first-order valence-electron chi connectivity index (χ1n) is 8.66. The first-order valence-corrected chi connectivity index (χ1v) is 8.66. The lowest BCUT2D eigenvalue weighted by molar-refractivity contribution is 0.0999. The Kier molecular flexibility index (Phi) is 6.15. The molecule has 1 saturated heterocycles. The quantitative estimate of drug-likeness (QED) is 0.789. The Morgan fingerprint density at radius 2 is 1.84 bits per heavy atom. The highest BCUT2D eigenvalue weighted by Crippen LogP contribution is 2.32. The lowest BCUT2D eigenvalue weighted by atomic mass is 9.79. The molecule has 1 saturated carbocycles. The summed E-state index contributed by atoms with van der Waals surface area (Å²) in [6.07, 6.45) is 9.77. The van der Waals surface area contributed by atoms with Gasteiger partial charge in [-0.1, -0.05) is 27.2 Å². The molecule has 2 rings (SSSR count). The summed E-state index contributed by atoms with van der Waals surface area (Å²) < 4.78 is 0. The van der Waals surface area contributed by atoms with E-state index in [9.17, 15) is 0 Å². The topological polar surface area (TPSA) is 15.3 Å². The lowest BCUT2D eigenvalue weighted by Gasteiger charge is -2.40. The molecule has 3 unspecified atom stereocenters. The lowest BCUT2D eigenvalue weighted by Crippen LogP contribution is -2.46. The van der Waals surface area contributed by atoms with E-state index in [-0.39, 0.29) is 0 Å². The Morgan fingerprint density at radius 1 is 1.11 bits per heavy atom. The number of nitrogens with one attached hydrogen (secondary N) is 1. The Bertz CT molecular complexity index is 238. The molecule has 2 fully saturated rings. The molecule has 112 valence electrons. The van der Waals surface area contributed by atoms with E-state index in [1.54, 1.807) is 0 Å². The van der Waals surface area contributed by atoms with Crippen molar-refractivity contribution in [3.05, 3.63) is 0 Å². The maximum atomic E-state index is 3.68. The van der Waals surface area contributed by atoms with Crippen molar-refractivity contribution >= 4 is 0 Å². The molecule has 0 spiro atoms. The van der Waals surface area contributed by atoms with Crippen LogP contribution in [0.5, 0.6) is 0 Å². The van der Waals surface area contributed by atoms with Crippen LogP contribution in [0.3, 0.4) is 0 Å². The van der Waals surface area contributed by atoms with Gasteiger partial charge in [-0.05, 0) is 63.5 Å². The number of nitrogens with zero attached hydrogens (tertiary/aromatic N) is 1. The summed E-state index contributed by atoms with van der Waals surface area (Å²) in [6.45, 7) is 11.1. The van der Waals surface area contributed by atoms with Crippen LogP contribution in [-0.2, 0) is 0 Å². The second-order valence-electron chi connectivity index (χ2n) is 7.21. The third-order valence-electron chi connectivity index (χ3n) is 5.09. The van der Waals surface area contributed by atoms with Gasteiger partial charge in [0, 0.05) is 18.6 Å². The molecule has 0 aromatic rings. The molecule has 0 aromatic carbocycles. The third kappa shape index (κ3) is 4.75. The average molecular weight is 266 g/mol. The maximum Gasteiger partial charge on any atom is 0.0195 e. The van der Waals surface area contributed by atoms with Gasteiger partial charge in [0.05, 0.1) is 0 Å². The minimum Gasteiger partial charge on any atom is -0.313 e. The summed E-state index contributed by atoms with van der Waals surface area (Å²) in [5.41, 5.74) is 0. The van der Waals surface area contributed by atoms with E-state index in [2.05, 4.69) is 31.0 Å². The first-order chi connectivity index (χ1) is 9.19. The highest BCUT2D eigenvalue weighted by molar-refractivity contribution is 4.86. The summed E-state index contributed by atoms with van der Waals surface area (Å²) in [7, 11) is 0. The second kappa shape index (κ2) is 7.64. The van der Waals surface area contributed by atoms with Gasteiger partial charge in [0.25, 0.3) is 0 Å². The summed E-state index contributed by atoms with van der Waals surface area (Å²) in [5, 5.41) is 3.68. The highest BCUT2D eigenvalue weighted by Gasteiger charge is 2.29. The van der Waals surface area contributed by atoms with Crippen LogP contribution < -0.4 is 5.32 Å². The predicted octanol–water partition coefficient (Wildman–Crippen LogP) is 3.67.